The zero-order valence-corrected chi connectivity index (χ0v) is 12.2. The van der Waals surface area contributed by atoms with Gasteiger partial charge in [0.25, 0.3) is 0 Å². The molecule has 0 spiro atoms. The van der Waals surface area contributed by atoms with Gasteiger partial charge in [0.2, 0.25) is 0 Å². The quantitative estimate of drug-likeness (QED) is 0.751. The van der Waals surface area contributed by atoms with Crippen molar-refractivity contribution < 1.29 is 14.7 Å². The Morgan fingerprint density at radius 1 is 1.32 bits per heavy atom. The van der Waals surface area contributed by atoms with Crippen LogP contribution in [-0.2, 0) is 4.79 Å². The average Bonchev–Trinajstić information content (AvgIpc) is 2.80. The van der Waals surface area contributed by atoms with Crippen LogP contribution in [0.5, 0.6) is 0 Å². The summed E-state index contributed by atoms with van der Waals surface area (Å²) < 4.78 is 0. The lowest BCUT2D eigenvalue weighted by atomic mass is 10.0. The highest BCUT2D eigenvalue weighted by atomic mass is 32.1. The molecule has 0 bridgehead atoms. The number of hydrogen-bond donors (Lipinski definition) is 3. The van der Waals surface area contributed by atoms with Crippen LogP contribution >= 0.6 is 11.3 Å². The third-order valence-electron chi connectivity index (χ3n) is 2.91. The van der Waals surface area contributed by atoms with Crippen LogP contribution < -0.4 is 10.6 Å². The molecule has 1 rings (SSSR count). The van der Waals surface area contributed by atoms with E-state index < -0.39 is 5.97 Å². The van der Waals surface area contributed by atoms with Crippen molar-refractivity contribution in [3.8, 4) is 0 Å². The normalized spacial score (nSPS) is 13.9. The Balaban J connectivity index is 2.50. The molecule has 19 heavy (non-hydrogen) atoms. The molecule has 0 radical (unpaired) electrons. The summed E-state index contributed by atoms with van der Waals surface area (Å²) in [6, 6.07) is 1.15. The SMILES string of the molecule is CC(NC(=O)NC(CC(=O)O)C(C)C)c1ccsc1. The molecular weight excluding hydrogens is 264 g/mol. The molecule has 5 nitrogen and oxygen atoms in total. The summed E-state index contributed by atoms with van der Waals surface area (Å²) in [5.41, 5.74) is 1.04. The smallest absolute Gasteiger partial charge is 0.315 e. The van der Waals surface area contributed by atoms with Gasteiger partial charge in [0.15, 0.2) is 0 Å². The Bertz CT molecular complexity index is 418. The van der Waals surface area contributed by atoms with Crippen molar-refractivity contribution in [2.75, 3.05) is 0 Å². The minimum Gasteiger partial charge on any atom is -0.481 e. The van der Waals surface area contributed by atoms with Crippen molar-refractivity contribution in [3.05, 3.63) is 22.4 Å². The number of carboxylic acids is 1. The number of carboxylic acid groups (broad SMARTS) is 1. The second-order valence-corrected chi connectivity index (χ2v) is 5.62. The molecule has 0 fully saturated rings. The van der Waals surface area contributed by atoms with Gasteiger partial charge in [-0.15, -0.1) is 0 Å². The minimum absolute atomic E-state index is 0.0679. The van der Waals surface area contributed by atoms with Gasteiger partial charge in [-0.2, -0.15) is 11.3 Å². The van der Waals surface area contributed by atoms with E-state index in [1.165, 1.54) is 0 Å². The zero-order valence-electron chi connectivity index (χ0n) is 11.3. The average molecular weight is 284 g/mol. The van der Waals surface area contributed by atoms with Gasteiger partial charge in [0.1, 0.15) is 0 Å². The first-order chi connectivity index (χ1) is 8.90. The van der Waals surface area contributed by atoms with Crippen LogP contribution in [0.15, 0.2) is 16.8 Å². The van der Waals surface area contributed by atoms with Crippen molar-refractivity contribution in [1.29, 1.82) is 0 Å². The molecule has 106 valence electrons. The summed E-state index contributed by atoms with van der Waals surface area (Å²) in [5.74, 6) is -0.844. The molecule has 0 aliphatic heterocycles. The number of thiophene rings is 1. The van der Waals surface area contributed by atoms with Crippen molar-refractivity contribution >= 4 is 23.3 Å². The Labute approximate surface area is 117 Å². The Hall–Kier alpha value is -1.56. The molecule has 2 amide bonds. The van der Waals surface area contributed by atoms with Crippen LogP contribution in [0, 0.1) is 5.92 Å². The molecular formula is C13H20N2O3S. The number of hydrogen-bond acceptors (Lipinski definition) is 3. The molecule has 0 aliphatic carbocycles. The number of nitrogens with one attached hydrogen (secondary N) is 2. The summed E-state index contributed by atoms with van der Waals surface area (Å²) >= 11 is 1.57. The lowest BCUT2D eigenvalue weighted by Crippen LogP contribution is -2.46. The third-order valence-corrected chi connectivity index (χ3v) is 3.61. The maximum atomic E-state index is 11.8. The summed E-state index contributed by atoms with van der Waals surface area (Å²) in [5, 5.41) is 18.3. The van der Waals surface area contributed by atoms with Crippen molar-refractivity contribution in [2.24, 2.45) is 5.92 Å². The highest BCUT2D eigenvalue weighted by Gasteiger charge is 2.20. The molecule has 0 saturated carbocycles. The molecule has 1 heterocycles. The predicted molar refractivity (Wildman–Crippen MR) is 75.3 cm³/mol. The topological polar surface area (TPSA) is 78.4 Å². The summed E-state index contributed by atoms with van der Waals surface area (Å²) in [7, 11) is 0. The van der Waals surface area contributed by atoms with Gasteiger partial charge in [0, 0.05) is 6.04 Å². The highest BCUT2D eigenvalue weighted by molar-refractivity contribution is 7.07. The van der Waals surface area contributed by atoms with Crippen LogP contribution in [-0.4, -0.2) is 23.1 Å². The fourth-order valence-corrected chi connectivity index (χ4v) is 2.41. The van der Waals surface area contributed by atoms with Crippen molar-refractivity contribution in [2.45, 2.75) is 39.3 Å². The maximum absolute atomic E-state index is 11.8. The van der Waals surface area contributed by atoms with Gasteiger partial charge in [-0.05, 0) is 35.2 Å². The van der Waals surface area contributed by atoms with Gasteiger partial charge in [-0.1, -0.05) is 13.8 Å². The van der Waals surface area contributed by atoms with Crippen LogP contribution in [0.3, 0.4) is 0 Å². The molecule has 2 unspecified atom stereocenters. The first-order valence-corrected chi connectivity index (χ1v) is 7.15. The van der Waals surface area contributed by atoms with Gasteiger partial charge in [0.05, 0.1) is 12.5 Å². The van der Waals surface area contributed by atoms with Crippen LogP contribution in [0.25, 0.3) is 0 Å². The van der Waals surface area contributed by atoms with E-state index >= 15 is 0 Å². The lowest BCUT2D eigenvalue weighted by Gasteiger charge is -2.22. The molecule has 1 aromatic rings. The Morgan fingerprint density at radius 3 is 2.47 bits per heavy atom. The first kappa shape index (κ1) is 15.5. The number of aliphatic carboxylic acids is 1. The number of urea groups is 1. The first-order valence-electron chi connectivity index (χ1n) is 6.21. The van der Waals surface area contributed by atoms with E-state index in [0.717, 1.165) is 5.56 Å². The van der Waals surface area contributed by atoms with Gasteiger partial charge in [-0.3, -0.25) is 4.79 Å². The Morgan fingerprint density at radius 2 is 2.00 bits per heavy atom. The summed E-state index contributed by atoms with van der Waals surface area (Å²) in [6.07, 6.45) is -0.0715. The Kier molecular flexibility index (Phi) is 5.82. The van der Waals surface area contributed by atoms with Crippen molar-refractivity contribution in [3.63, 3.8) is 0 Å². The van der Waals surface area contributed by atoms with E-state index in [0.29, 0.717) is 0 Å². The van der Waals surface area contributed by atoms with Crippen LogP contribution in [0.1, 0.15) is 38.8 Å². The maximum Gasteiger partial charge on any atom is 0.315 e. The van der Waals surface area contributed by atoms with E-state index in [9.17, 15) is 9.59 Å². The van der Waals surface area contributed by atoms with E-state index in [2.05, 4.69) is 10.6 Å². The summed E-state index contributed by atoms with van der Waals surface area (Å²) in [4.78, 5) is 22.6. The summed E-state index contributed by atoms with van der Waals surface area (Å²) in [6.45, 7) is 5.66. The standard InChI is InChI=1S/C13H20N2O3S/c1-8(2)11(6-12(16)17)15-13(18)14-9(3)10-4-5-19-7-10/h4-5,7-9,11H,6H2,1-3H3,(H,16,17)(H2,14,15,18). The second-order valence-electron chi connectivity index (χ2n) is 4.84. The van der Waals surface area contributed by atoms with Crippen molar-refractivity contribution in [1.82, 2.24) is 10.6 Å². The van der Waals surface area contributed by atoms with E-state index in [4.69, 9.17) is 5.11 Å². The second kappa shape index (κ2) is 7.13. The van der Waals surface area contributed by atoms with Crippen LogP contribution in [0.4, 0.5) is 4.79 Å². The van der Waals surface area contributed by atoms with E-state index in [1.807, 2.05) is 37.6 Å². The molecule has 1 aromatic heterocycles. The third kappa shape index (κ3) is 5.30. The molecule has 0 aromatic carbocycles. The molecule has 6 heteroatoms. The molecule has 0 saturated heterocycles. The largest absolute Gasteiger partial charge is 0.481 e. The highest BCUT2D eigenvalue weighted by Crippen LogP contribution is 2.15. The minimum atomic E-state index is -0.912. The number of amides is 2. The zero-order chi connectivity index (χ0) is 14.4. The van der Waals surface area contributed by atoms with E-state index in [1.54, 1.807) is 11.3 Å². The molecule has 0 aliphatic rings. The monoisotopic (exact) mass is 284 g/mol. The number of carbonyl (C=O) groups is 2. The van der Waals surface area contributed by atoms with Gasteiger partial charge in [-0.25, -0.2) is 4.79 Å². The molecule has 3 N–H and O–H groups in total. The van der Waals surface area contributed by atoms with Crippen LogP contribution in [0.2, 0.25) is 0 Å². The fourth-order valence-electron chi connectivity index (χ4n) is 1.65. The number of rotatable bonds is 6. The fraction of sp³-hybridized carbons (Fsp3) is 0.538. The van der Waals surface area contributed by atoms with Gasteiger partial charge < -0.3 is 15.7 Å². The lowest BCUT2D eigenvalue weighted by molar-refractivity contribution is -0.137. The number of carbonyl (C=O) groups excluding carboxylic acids is 1. The predicted octanol–water partition coefficient (Wildman–Crippen LogP) is 2.61. The van der Waals surface area contributed by atoms with E-state index in [-0.39, 0.29) is 30.5 Å². The van der Waals surface area contributed by atoms with Gasteiger partial charge >= 0.3 is 12.0 Å². The molecule has 2 atom stereocenters.